The van der Waals surface area contributed by atoms with E-state index in [0.717, 1.165) is 38.2 Å². The van der Waals surface area contributed by atoms with Crippen LogP contribution in [-0.2, 0) is 4.74 Å². The van der Waals surface area contributed by atoms with Crippen molar-refractivity contribution in [3.8, 4) is 6.07 Å². The number of rotatable bonds is 6. The van der Waals surface area contributed by atoms with E-state index < -0.39 is 0 Å². The molecular weight excluding hydrogens is 334 g/mol. The quantitative estimate of drug-likeness (QED) is 0.660. The molecule has 0 aromatic carbocycles. The van der Waals surface area contributed by atoms with Crippen LogP contribution in [0.15, 0.2) is 0 Å². The average molecular weight is 376 g/mol. The third-order valence-corrected chi connectivity index (χ3v) is 9.12. The number of nitriles is 1. The van der Waals surface area contributed by atoms with E-state index >= 15 is 0 Å². The molecule has 3 aliphatic rings. The third kappa shape index (κ3) is 3.58. The van der Waals surface area contributed by atoms with E-state index in [-0.39, 0.29) is 16.7 Å². The smallest absolute Gasteiger partial charge is 0.0661 e. The van der Waals surface area contributed by atoms with Gasteiger partial charge in [-0.15, -0.1) is 0 Å². The van der Waals surface area contributed by atoms with Crippen LogP contribution >= 0.6 is 0 Å². The molecule has 3 rings (SSSR count). The van der Waals surface area contributed by atoms with Crippen molar-refractivity contribution in [1.29, 1.82) is 5.26 Å². The van der Waals surface area contributed by atoms with Crippen molar-refractivity contribution in [3.05, 3.63) is 0 Å². The highest BCUT2D eigenvalue weighted by atomic mass is 16.5. The molecule has 0 heterocycles. The Balaban J connectivity index is 1.87. The van der Waals surface area contributed by atoms with Gasteiger partial charge in [0.1, 0.15) is 0 Å². The average Bonchev–Trinajstić information content (AvgIpc) is 2.96. The van der Waals surface area contributed by atoms with Gasteiger partial charge in [-0.1, -0.05) is 27.2 Å². The summed E-state index contributed by atoms with van der Waals surface area (Å²) in [6.45, 7) is 10.3. The lowest BCUT2D eigenvalue weighted by atomic mass is 9.48. The molecule has 0 saturated heterocycles. The Morgan fingerprint density at radius 1 is 1.07 bits per heavy atom. The first-order chi connectivity index (χ1) is 12.9. The topological polar surface area (TPSA) is 53.2 Å². The molecule has 0 amide bonds. The highest BCUT2D eigenvalue weighted by Gasteiger charge is 2.57. The van der Waals surface area contributed by atoms with Crippen molar-refractivity contribution >= 4 is 0 Å². The SMILES string of the molecule is CCC[C@@]1(C)C([C@@H]2CCC3CC[C@@H](OCC)C[C@]3(C)C2CO)CC[C@@H]1C#N. The van der Waals surface area contributed by atoms with Crippen LogP contribution < -0.4 is 0 Å². The lowest BCUT2D eigenvalue weighted by Gasteiger charge is -2.57. The molecule has 0 radical (unpaired) electrons. The van der Waals surface area contributed by atoms with E-state index in [2.05, 4.69) is 33.8 Å². The summed E-state index contributed by atoms with van der Waals surface area (Å²) in [4.78, 5) is 0. The first-order valence-corrected chi connectivity index (χ1v) is 11.6. The van der Waals surface area contributed by atoms with Crippen LogP contribution in [0.25, 0.3) is 0 Å². The van der Waals surface area contributed by atoms with E-state index in [1.165, 1.54) is 32.1 Å². The van der Waals surface area contributed by atoms with E-state index in [4.69, 9.17) is 4.74 Å². The maximum Gasteiger partial charge on any atom is 0.0661 e. The summed E-state index contributed by atoms with van der Waals surface area (Å²) in [5.41, 5.74) is 0.312. The number of hydrogen-bond donors (Lipinski definition) is 1. The van der Waals surface area contributed by atoms with Gasteiger partial charge in [0.25, 0.3) is 0 Å². The monoisotopic (exact) mass is 375 g/mol. The van der Waals surface area contributed by atoms with E-state index in [0.29, 0.717) is 30.5 Å². The molecule has 0 spiro atoms. The Morgan fingerprint density at radius 2 is 1.81 bits per heavy atom. The third-order valence-electron chi connectivity index (χ3n) is 9.12. The molecule has 8 atom stereocenters. The van der Waals surface area contributed by atoms with Gasteiger partial charge in [-0.25, -0.2) is 0 Å². The highest BCUT2D eigenvalue weighted by molar-refractivity contribution is 5.09. The number of nitrogens with zero attached hydrogens (tertiary/aromatic N) is 1. The molecule has 27 heavy (non-hydrogen) atoms. The largest absolute Gasteiger partial charge is 0.396 e. The Hall–Kier alpha value is -0.590. The van der Waals surface area contributed by atoms with E-state index in [1.807, 2.05) is 0 Å². The van der Waals surface area contributed by atoms with Crippen LogP contribution in [0.5, 0.6) is 0 Å². The highest BCUT2D eigenvalue weighted by Crippen LogP contribution is 2.62. The molecule has 0 aromatic rings. The molecule has 1 N–H and O–H groups in total. The molecule has 3 unspecified atom stereocenters. The summed E-state index contributed by atoms with van der Waals surface area (Å²) in [6.07, 6.45) is 11.0. The molecule has 154 valence electrons. The lowest BCUT2D eigenvalue weighted by Crippen LogP contribution is -2.53. The van der Waals surface area contributed by atoms with E-state index in [9.17, 15) is 10.4 Å². The number of fused-ring (bicyclic) bond motifs is 1. The minimum Gasteiger partial charge on any atom is -0.396 e. The van der Waals surface area contributed by atoms with Crippen molar-refractivity contribution in [2.24, 2.45) is 40.4 Å². The van der Waals surface area contributed by atoms with Gasteiger partial charge >= 0.3 is 0 Å². The standard InChI is InChI=1S/C24H41NO2/c1-5-13-23(3)18(15-25)9-12-21(23)20-11-8-17-7-10-19(27-6-2)14-24(17,4)22(20)16-26/h17-22,26H,5-14,16H2,1-4H3/t17?,18-,19-,20+,21?,22?,23-,24+/m1/s1. The fraction of sp³-hybridized carbons (Fsp3) is 0.958. The Morgan fingerprint density at radius 3 is 2.44 bits per heavy atom. The van der Waals surface area contributed by atoms with Gasteiger partial charge in [0.15, 0.2) is 0 Å². The summed E-state index contributed by atoms with van der Waals surface area (Å²) >= 11 is 0. The van der Waals surface area contributed by atoms with Crippen LogP contribution in [0.3, 0.4) is 0 Å². The van der Waals surface area contributed by atoms with Crippen molar-refractivity contribution < 1.29 is 9.84 Å². The van der Waals surface area contributed by atoms with E-state index in [1.54, 1.807) is 0 Å². The number of hydrogen-bond acceptors (Lipinski definition) is 3. The molecule has 3 nitrogen and oxygen atoms in total. The van der Waals surface area contributed by atoms with Crippen LogP contribution in [0.4, 0.5) is 0 Å². The van der Waals surface area contributed by atoms with Gasteiger partial charge < -0.3 is 9.84 Å². The second-order valence-corrected chi connectivity index (χ2v) is 10.2. The van der Waals surface area contributed by atoms with Crippen LogP contribution in [-0.4, -0.2) is 24.4 Å². The van der Waals surface area contributed by atoms with Gasteiger partial charge in [-0.2, -0.15) is 5.26 Å². The predicted molar refractivity (Wildman–Crippen MR) is 109 cm³/mol. The molecule has 0 bridgehead atoms. The molecule has 3 fully saturated rings. The van der Waals surface area contributed by atoms with Gasteiger partial charge in [0, 0.05) is 13.2 Å². The zero-order valence-electron chi connectivity index (χ0n) is 18.0. The molecule has 0 aromatic heterocycles. The summed E-state index contributed by atoms with van der Waals surface area (Å²) in [6, 6.07) is 2.65. The van der Waals surface area contributed by atoms with Crippen molar-refractivity contribution in [2.75, 3.05) is 13.2 Å². The number of aliphatic hydroxyl groups excluding tert-OH is 1. The van der Waals surface area contributed by atoms with Gasteiger partial charge in [0.05, 0.1) is 18.1 Å². The molecular formula is C24H41NO2. The Labute approximate surface area is 166 Å². The predicted octanol–water partition coefficient (Wildman–Crippen LogP) is 5.57. The minimum atomic E-state index is 0.124. The summed E-state index contributed by atoms with van der Waals surface area (Å²) in [5, 5.41) is 20.3. The van der Waals surface area contributed by atoms with Crippen LogP contribution in [0.1, 0.15) is 85.5 Å². The maximum absolute atomic E-state index is 10.6. The fourth-order valence-corrected chi connectivity index (χ4v) is 7.77. The molecule has 0 aliphatic heterocycles. The normalized spacial score (nSPS) is 47.4. The lowest BCUT2D eigenvalue weighted by molar-refractivity contribution is -0.127. The minimum absolute atomic E-state index is 0.124. The van der Waals surface area contributed by atoms with Crippen LogP contribution in [0, 0.1) is 51.8 Å². The van der Waals surface area contributed by atoms with Crippen molar-refractivity contribution in [2.45, 2.75) is 91.6 Å². The van der Waals surface area contributed by atoms with Crippen LogP contribution in [0.2, 0.25) is 0 Å². The summed E-state index contributed by atoms with van der Waals surface area (Å²) in [5.74, 6) is 2.43. The second-order valence-electron chi connectivity index (χ2n) is 10.2. The zero-order chi connectivity index (χ0) is 19.7. The first kappa shape index (κ1) is 21.1. The zero-order valence-corrected chi connectivity index (χ0v) is 18.0. The molecule has 3 aliphatic carbocycles. The van der Waals surface area contributed by atoms with Crippen molar-refractivity contribution in [1.82, 2.24) is 0 Å². The Bertz CT molecular complexity index is 543. The van der Waals surface area contributed by atoms with Crippen molar-refractivity contribution in [3.63, 3.8) is 0 Å². The summed E-state index contributed by atoms with van der Waals surface area (Å²) < 4.78 is 6.04. The maximum atomic E-state index is 10.6. The fourth-order valence-electron chi connectivity index (χ4n) is 7.77. The van der Waals surface area contributed by atoms with Gasteiger partial charge in [0.2, 0.25) is 0 Å². The Kier molecular flexibility index (Phi) is 6.59. The number of aliphatic hydroxyl groups is 1. The molecule has 3 heteroatoms. The first-order valence-electron chi connectivity index (χ1n) is 11.6. The second kappa shape index (κ2) is 8.42. The molecule has 3 saturated carbocycles. The van der Waals surface area contributed by atoms with Gasteiger partial charge in [-0.05, 0) is 92.8 Å². The number of ether oxygens (including phenoxy) is 1. The van der Waals surface area contributed by atoms with Gasteiger partial charge in [-0.3, -0.25) is 0 Å². The summed E-state index contributed by atoms with van der Waals surface area (Å²) in [7, 11) is 0.